The maximum atomic E-state index is 12.3. The van der Waals surface area contributed by atoms with Gasteiger partial charge in [-0.05, 0) is 49.1 Å². The van der Waals surface area contributed by atoms with Crippen molar-refractivity contribution < 1.29 is 17.9 Å². The van der Waals surface area contributed by atoms with E-state index in [2.05, 4.69) is 10.0 Å². The molecule has 0 radical (unpaired) electrons. The van der Waals surface area contributed by atoms with Crippen molar-refractivity contribution in [2.75, 3.05) is 18.5 Å². The first kappa shape index (κ1) is 18.6. The highest BCUT2D eigenvalue weighted by Gasteiger charge is 2.23. The van der Waals surface area contributed by atoms with Crippen molar-refractivity contribution in [2.24, 2.45) is 0 Å². The van der Waals surface area contributed by atoms with Gasteiger partial charge in [-0.1, -0.05) is 30.3 Å². The summed E-state index contributed by atoms with van der Waals surface area (Å²) in [5.74, 6) is -0.195. The highest BCUT2D eigenvalue weighted by atomic mass is 32.2. The van der Waals surface area contributed by atoms with Crippen LogP contribution in [0.1, 0.15) is 18.4 Å². The molecule has 3 rings (SSSR count). The van der Waals surface area contributed by atoms with Crippen LogP contribution >= 0.6 is 0 Å². The van der Waals surface area contributed by atoms with Gasteiger partial charge in [0, 0.05) is 18.8 Å². The number of ether oxygens (including phenoxy) is 1. The van der Waals surface area contributed by atoms with Crippen LogP contribution in [0, 0.1) is 0 Å². The topological polar surface area (TPSA) is 84.5 Å². The van der Waals surface area contributed by atoms with E-state index in [1.165, 1.54) is 12.1 Å². The van der Waals surface area contributed by atoms with Gasteiger partial charge in [0.05, 0.1) is 4.90 Å². The van der Waals surface area contributed by atoms with Gasteiger partial charge in [-0.15, -0.1) is 0 Å². The Morgan fingerprint density at radius 1 is 1.08 bits per heavy atom. The monoisotopic (exact) mass is 374 g/mol. The van der Waals surface area contributed by atoms with E-state index in [9.17, 15) is 13.2 Å². The molecule has 138 valence electrons. The summed E-state index contributed by atoms with van der Waals surface area (Å²) in [4.78, 5) is 12.2. The fourth-order valence-corrected chi connectivity index (χ4v) is 3.81. The van der Waals surface area contributed by atoms with E-state index in [0.717, 1.165) is 12.0 Å². The van der Waals surface area contributed by atoms with E-state index in [0.29, 0.717) is 31.7 Å². The normalized spacial score (nSPS) is 17.2. The molecule has 6 nitrogen and oxygen atoms in total. The van der Waals surface area contributed by atoms with E-state index >= 15 is 0 Å². The molecule has 0 unspecified atom stereocenters. The zero-order valence-electron chi connectivity index (χ0n) is 14.4. The first-order chi connectivity index (χ1) is 12.5. The molecule has 1 aliphatic rings. The molecule has 26 heavy (non-hydrogen) atoms. The van der Waals surface area contributed by atoms with Gasteiger partial charge in [-0.3, -0.25) is 4.79 Å². The van der Waals surface area contributed by atoms with Crippen molar-refractivity contribution in [3.8, 4) is 0 Å². The largest absolute Gasteiger partial charge is 0.368 e. The van der Waals surface area contributed by atoms with Gasteiger partial charge in [-0.2, -0.15) is 0 Å². The molecule has 0 bridgehead atoms. The number of hydrogen-bond acceptors (Lipinski definition) is 4. The summed E-state index contributed by atoms with van der Waals surface area (Å²) in [6.07, 6.45) is 1.79. The third-order valence-electron chi connectivity index (χ3n) is 4.20. The number of carbonyl (C=O) groups is 1. The van der Waals surface area contributed by atoms with Crippen LogP contribution in [0.15, 0.2) is 59.5 Å². The fraction of sp³-hybridized carbons (Fsp3) is 0.316. The van der Waals surface area contributed by atoms with Crippen LogP contribution in [-0.4, -0.2) is 33.6 Å². The van der Waals surface area contributed by atoms with E-state index in [1.54, 1.807) is 12.1 Å². The summed E-state index contributed by atoms with van der Waals surface area (Å²) in [5.41, 5.74) is 1.62. The van der Waals surface area contributed by atoms with Gasteiger partial charge in [0.1, 0.15) is 6.10 Å². The number of anilines is 1. The lowest BCUT2D eigenvalue weighted by molar-refractivity contribution is -0.124. The Balaban J connectivity index is 1.55. The quantitative estimate of drug-likeness (QED) is 0.779. The van der Waals surface area contributed by atoms with Crippen LogP contribution in [0.3, 0.4) is 0 Å². The van der Waals surface area contributed by atoms with Gasteiger partial charge in [0.25, 0.3) is 5.91 Å². The Morgan fingerprint density at radius 2 is 1.81 bits per heavy atom. The summed E-state index contributed by atoms with van der Waals surface area (Å²) in [6, 6.07) is 15.8. The third kappa shape index (κ3) is 4.91. The summed E-state index contributed by atoms with van der Waals surface area (Å²) in [7, 11) is -3.58. The SMILES string of the molecule is O=C(Nc1ccc(S(=O)(=O)NCCc2ccccc2)cc1)[C@@H]1CCCO1. The Morgan fingerprint density at radius 3 is 2.46 bits per heavy atom. The first-order valence-electron chi connectivity index (χ1n) is 8.61. The van der Waals surface area contributed by atoms with Crippen LogP contribution in [0.25, 0.3) is 0 Å². The van der Waals surface area contributed by atoms with E-state index < -0.39 is 16.1 Å². The van der Waals surface area contributed by atoms with Crippen molar-refractivity contribution in [3.63, 3.8) is 0 Å². The number of benzene rings is 2. The lowest BCUT2D eigenvalue weighted by Crippen LogP contribution is -2.27. The standard InChI is InChI=1S/C19H22N2O4S/c22-19(18-7-4-14-25-18)21-16-8-10-17(11-9-16)26(23,24)20-13-12-15-5-2-1-3-6-15/h1-3,5-6,8-11,18,20H,4,7,12-14H2,(H,21,22)/t18-/m0/s1. The molecule has 2 aromatic carbocycles. The number of rotatable bonds is 7. The van der Waals surface area contributed by atoms with Crippen molar-refractivity contribution in [1.29, 1.82) is 0 Å². The molecule has 1 atom stereocenters. The van der Waals surface area contributed by atoms with Gasteiger partial charge < -0.3 is 10.1 Å². The average molecular weight is 374 g/mol. The van der Waals surface area contributed by atoms with Gasteiger partial charge >= 0.3 is 0 Å². The van der Waals surface area contributed by atoms with E-state index in [-0.39, 0.29) is 10.8 Å². The van der Waals surface area contributed by atoms with Crippen LogP contribution < -0.4 is 10.0 Å². The second kappa shape index (κ2) is 8.44. The molecule has 7 heteroatoms. The lowest BCUT2D eigenvalue weighted by Gasteiger charge is -2.11. The number of hydrogen-bond donors (Lipinski definition) is 2. The molecule has 0 saturated carbocycles. The third-order valence-corrected chi connectivity index (χ3v) is 5.68. The highest BCUT2D eigenvalue weighted by Crippen LogP contribution is 2.17. The molecular formula is C19H22N2O4S. The van der Waals surface area contributed by atoms with Crippen molar-refractivity contribution in [2.45, 2.75) is 30.3 Å². The molecule has 0 aliphatic carbocycles. The maximum absolute atomic E-state index is 12.3. The van der Waals surface area contributed by atoms with Gasteiger partial charge in [0.2, 0.25) is 10.0 Å². The Bertz CT molecular complexity index is 830. The summed E-state index contributed by atoms with van der Waals surface area (Å²) < 4.78 is 32.6. The molecule has 1 saturated heterocycles. The molecular weight excluding hydrogens is 352 g/mol. The summed E-state index contributed by atoms with van der Waals surface area (Å²) in [5, 5.41) is 2.75. The maximum Gasteiger partial charge on any atom is 0.253 e. The minimum Gasteiger partial charge on any atom is -0.368 e. The predicted molar refractivity (Wildman–Crippen MR) is 99.4 cm³/mol. The van der Waals surface area contributed by atoms with Crippen molar-refractivity contribution in [1.82, 2.24) is 4.72 Å². The van der Waals surface area contributed by atoms with Crippen LogP contribution in [0.5, 0.6) is 0 Å². The number of sulfonamides is 1. The van der Waals surface area contributed by atoms with Crippen LogP contribution in [0.2, 0.25) is 0 Å². The van der Waals surface area contributed by atoms with Gasteiger partial charge in [-0.25, -0.2) is 13.1 Å². The highest BCUT2D eigenvalue weighted by molar-refractivity contribution is 7.89. The molecule has 2 N–H and O–H groups in total. The fourth-order valence-electron chi connectivity index (χ4n) is 2.78. The van der Waals surface area contributed by atoms with Crippen LogP contribution in [-0.2, 0) is 26.0 Å². The predicted octanol–water partition coefficient (Wildman–Crippen LogP) is 2.33. The van der Waals surface area contributed by atoms with E-state index in [1.807, 2.05) is 30.3 Å². The lowest BCUT2D eigenvalue weighted by atomic mass is 10.2. The molecule has 0 aromatic heterocycles. The molecule has 1 fully saturated rings. The summed E-state index contributed by atoms with van der Waals surface area (Å²) in [6.45, 7) is 0.924. The second-order valence-corrected chi connectivity index (χ2v) is 7.92. The molecule has 0 spiro atoms. The van der Waals surface area contributed by atoms with Gasteiger partial charge in [0.15, 0.2) is 0 Å². The minimum absolute atomic E-state index is 0.167. The molecule has 1 amide bonds. The summed E-state index contributed by atoms with van der Waals surface area (Å²) >= 11 is 0. The molecule has 1 heterocycles. The Kier molecular flexibility index (Phi) is 6.03. The zero-order chi connectivity index (χ0) is 18.4. The van der Waals surface area contributed by atoms with Crippen molar-refractivity contribution in [3.05, 3.63) is 60.2 Å². The number of amides is 1. The average Bonchev–Trinajstić information content (AvgIpc) is 3.18. The smallest absolute Gasteiger partial charge is 0.253 e. The number of carbonyl (C=O) groups excluding carboxylic acids is 1. The van der Waals surface area contributed by atoms with E-state index in [4.69, 9.17) is 4.74 Å². The second-order valence-electron chi connectivity index (χ2n) is 6.15. The Hall–Kier alpha value is -2.22. The first-order valence-corrected chi connectivity index (χ1v) is 10.1. The number of nitrogens with one attached hydrogen (secondary N) is 2. The van der Waals surface area contributed by atoms with Crippen LogP contribution in [0.4, 0.5) is 5.69 Å². The zero-order valence-corrected chi connectivity index (χ0v) is 15.2. The molecule has 2 aromatic rings. The van der Waals surface area contributed by atoms with Crippen molar-refractivity contribution >= 4 is 21.6 Å². The Labute approximate surface area is 153 Å². The molecule has 1 aliphatic heterocycles. The minimum atomic E-state index is -3.58.